The summed E-state index contributed by atoms with van der Waals surface area (Å²) in [5.74, 6) is -0.927. The molecule has 0 aliphatic rings. The second kappa shape index (κ2) is 3.58. The van der Waals surface area contributed by atoms with Crippen LogP contribution in [0.15, 0.2) is 18.5 Å². The second-order valence-corrected chi connectivity index (χ2v) is 5.34. The van der Waals surface area contributed by atoms with Crippen molar-refractivity contribution in [1.82, 2.24) is 9.61 Å². The summed E-state index contributed by atoms with van der Waals surface area (Å²) < 4.78 is 1.74. The van der Waals surface area contributed by atoms with Crippen LogP contribution in [0, 0.1) is 6.92 Å². The van der Waals surface area contributed by atoms with Gasteiger partial charge >= 0.3 is 5.97 Å². The average Bonchev–Trinajstić information content (AvgIpc) is 2.53. The van der Waals surface area contributed by atoms with E-state index in [1.807, 2.05) is 40.0 Å². The van der Waals surface area contributed by atoms with E-state index >= 15 is 0 Å². The molecule has 0 unspecified atom stereocenters. The zero-order valence-electron chi connectivity index (χ0n) is 10.5. The molecular formula is C13H16N2O2. The van der Waals surface area contributed by atoms with E-state index in [-0.39, 0.29) is 11.0 Å². The minimum atomic E-state index is -0.927. The molecule has 1 N–H and O–H groups in total. The number of nitrogens with zero attached hydrogens (tertiary/aromatic N) is 2. The van der Waals surface area contributed by atoms with Crippen LogP contribution in [0.1, 0.15) is 42.3 Å². The van der Waals surface area contributed by atoms with Crippen LogP contribution < -0.4 is 0 Å². The molecule has 0 saturated heterocycles. The van der Waals surface area contributed by atoms with Gasteiger partial charge in [0, 0.05) is 6.20 Å². The first kappa shape index (κ1) is 11.6. The van der Waals surface area contributed by atoms with E-state index in [2.05, 4.69) is 5.10 Å². The van der Waals surface area contributed by atoms with Gasteiger partial charge in [-0.05, 0) is 29.5 Å². The van der Waals surface area contributed by atoms with E-state index in [1.165, 1.54) is 6.20 Å². The largest absolute Gasteiger partial charge is 0.478 e. The summed E-state index contributed by atoms with van der Waals surface area (Å²) in [4.78, 5) is 11.3. The van der Waals surface area contributed by atoms with E-state index in [1.54, 1.807) is 4.52 Å². The molecule has 0 aliphatic carbocycles. The molecule has 0 aliphatic heterocycles. The molecule has 2 aromatic heterocycles. The van der Waals surface area contributed by atoms with Crippen LogP contribution in [0.5, 0.6) is 0 Å². The Kier molecular flexibility index (Phi) is 2.45. The Hall–Kier alpha value is -1.84. The molecule has 0 amide bonds. The summed E-state index contributed by atoms with van der Waals surface area (Å²) in [5.41, 5.74) is 2.82. The zero-order valence-corrected chi connectivity index (χ0v) is 10.5. The molecular weight excluding hydrogens is 216 g/mol. The Bertz CT molecular complexity index is 591. The van der Waals surface area contributed by atoms with Crippen molar-refractivity contribution in [3.05, 3.63) is 35.2 Å². The van der Waals surface area contributed by atoms with Crippen LogP contribution in [0.25, 0.3) is 5.52 Å². The third-order valence-corrected chi connectivity index (χ3v) is 2.75. The van der Waals surface area contributed by atoms with E-state index in [9.17, 15) is 9.90 Å². The lowest BCUT2D eigenvalue weighted by Gasteiger charge is -2.22. The van der Waals surface area contributed by atoms with E-state index in [4.69, 9.17) is 0 Å². The fraction of sp³-hybridized carbons (Fsp3) is 0.385. The number of hydrogen-bond donors (Lipinski definition) is 1. The number of fused-ring (bicyclic) bond motifs is 1. The van der Waals surface area contributed by atoms with Gasteiger partial charge in [-0.2, -0.15) is 5.10 Å². The summed E-state index contributed by atoms with van der Waals surface area (Å²) >= 11 is 0. The van der Waals surface area contributed by atoms with Gasteiger partial charge in [0.2, 0.25) is 0 Å². The van der Waals surface area contributed by atoms with Gasteiger partial charge in [-0.1, -0.05) is 20.8 Å². The molecule has 90 valence electrons. The van der Waals surface area contributed by atoms with Gasteiger partial charge in [0.1, 0.15) is 0 Å². The van der Waals surface area contributed by atoms with Crippen molar-refractivity contribution in [2.45, 2.75) is 33.1 Å². The predicted octanol–water partition coefficient (Wildman–Crippen LogP) is 2.64. The Morgan fingerprint density at radius 2 is 2.06 bits per heavy atom. The van der Waals surface area contributed by atoms with Crippen LogP contribution in [0.3, 0.4) is 0 Å². The first-order valence-corrected chi connectivity index (χ1v) is 5.52. The minimum absolute atomic E-state index is 0.233. The summed E-state index contributed by atoms with van der Waals surface area (Å²) in [6.45, 7) is 8.01. The van der Waals surface area contributed by atoms with Gasteiger partial charge in [0.05, 0.1) is 17.3 Å². The fourth-order valence-corrected chi connectivity index (χ4v) is 2.14. The van der Waals surface area contributed by atoms with E-state index in [0.717, 1.165) is 16.6 Å². The topological polar surface area (TPSA) is 54.6 Å². The van der Waals surface area contributed by atoms with Gasteiger partial charge < -0.3 is 5.11 Å². The van der Waals surface area contributed by atoms with Crippen molar-refractivity contribution in [3.8, 4) is 0 Å². The molecule has 0 atom stereocenters. The van der Waals surface area contributed by atoms with Gasteiger partial charge in [0.15, 0.2) is 0 Å². The maximum absolute atomic E-state index is 11.3. The van der Waals surface area contributed by atoms with Crippen molar-refractivity contribution in [2.24, 2.45) is 0 Å². The monoisotopic (exact) mass is 232 g/mol. The van der Waals surface area contributed by atoms with Crippen molar-refractivity contribution in [2.75, 3.05) is 0 Å². The van der Waals surface area contributed by atoms with Crippen molar-refractivity contribution in [1.29, 1.82) is 0 Å². The SMILES string of the molecule is Cc1cc2c(C(C)(C)C)c(C(=O)O)cnn2c1. The highest BCUT2D eigenvalue weighted by molar-refractivity contribution is 5.92. The summed E-state index contributed by atoms with van der Waals surface area (Å²) in [7, 11) is 0. The first-order valence-electron chi connectivity index (χ1n) is 5.52. The first-order chi connectivity index (χ1) is 7.80. The van der Waals surface area contributed by atoms with Crippen LogP contribution in [-0.2, 0) is 5.41 Å². The molecule has 2 rings (SSSR count). The Labute approximate surface area is 99.9 Å². The number of rotatable bonds is 1. The molecule has 4 heteroatoms. The molecule has 0 aromatic carbocycles. The normalized spacial score (nSPS) is 12.0. The lowest BCUT2D eigenvalue weighted by Crippen LogP contribution is -2.19. The van der Waals surface area contributed by atoms with Crippen molar-refractivity contribution >= 4 is 11.5 Å². The molecule has 0 radical (unpaired) electrons. The van der Waals surface area contributed by atoms with Crippen molar-refractivity contribution < 1.29 is 9.90 Å². The fourth-order valence-electron chi connectivity index (χ4n) is 2.14. The second-order valence-electron chi connectivity index (χ2n) is 5.34. The molecule has 17 heavy (non-hydrogen) atoms. The van der Waals surface area contributed by atoms with Gasteiger partial charge in [0.25, 0.3) is 0 Å². The van der Waals surface area contributed by atoms with Crippen LogP contribution in [0.2, 0.25) is 0 Å². The van der Waals surface area contributed by atoms with Gasteiger partial charge in [-0.15, -0.1) is 0 Å². The third-order valence-electron chi connectivity index (χ3n) is 2.75. The highest BCUT2D eigenvalue weighted by atomic mass is 16.4. The highest BCUT2D eigenvalue weighted by Crippen LogP contribution is 2.30. The Balaban J connectivity index is 2.89. The number of hydrogen-bond acceptors (Lipinski definition) is 2. The van der Waals surface area contributed by atoms with E-state index in [0.29, 0.717) is 0 Å². The molecule has 0 spiro atoms. The quantitative estimate of drug-likeness (QED) is 0.822. The number of aromatic nitrogens is 2. The minimum Gasteiger partial charge on any atom is -0.478 e. The lowest BCUT2D eigenvalue weighted by atomic mass is 9.84. The summed E-state index contributed by atoms with van der Waals surface area (Å²) in [6, 6.07) is 1.97. The van der Waals surface area contributed by atoms with Crippen LogP contribution in [0.4, 0.5) is 0 Å². The number of carboxylic acids is 1. The van der Waals surface area contributed by atoms with Crippen LogP contribution in [-0.4, -0.2) is 20.7 Å². The molecule has 2 heterocycles. The molecule has 2 aromatic rings. The number of aryl methyl sites for hydroxylation is 1. The third kappa shape index (κ3) is 1.90. The smallest absolute Gasteiger partial charge is 0.337 e. The van der Waals surface area contributed by atoms with Gasteiger partial charge in [-0.25, -0.2) is 9.31 Å². The van der Waals surface area contributed by atoms with Crippen molar-refractivity contribution in [3.63, 3.8) is 0 Å². The standard InChI is InChI=1S/C13H16N2O2/c1-8-5-10-11(13(2,3)4)9(12(16)17)6-14-15(10)7-8/h5-7H,1-4H3,(H,16,17). The maximum atomic E-state index is 11.3. The summed E-state index contributed by atoms with van der Waals surface area (Å²) in [6.07, 6.45) is 3.32. The number of aromatic carboxylic acids is 1. The Morgan fingerprint density at radius 1 is 1.41 bits per heavy atom. The number of carboxylic acid groups (broad SMARTS) is 1. The van der Waals surface area contributed by atoms with Crippen LogP contribution >= 0.6 is 0 Å². The predicted molar refractivity (Wildman–Crippen MR) is 65.6 cm³/mol. The maximum Gasteiger partial charge on any atom is 0.337 e. The van der Waals surface area contributed by atoms with Gasteiger partial charge in [-0.3, -0.25) is 0 Å². The number of carbonyl (C=O) groups is 1. The molecule has 4 nitrogen and oxygen atoms in total. The lowest BCUT2D eigenvalue weighted by molar-refractivity contribution is 0.0693. The Morgan fingerprint density at radius 3 is 2.59 bits per heavy atom. The molecule has 0 fully saturated rings. The van der Waals surface area contributed by atoms with E-state index < -0.39 is 5.97 Å². The molecule has 0 saturated carbocycles. The molecule has 0 bridgehead atoms. The zero-order chi connectivity index (χ0) is 12.8. The summed E-state index contributed by atoms with van der Waals surface area (Å²) in [5, 5.41) is 13.4. The average molecular weight is 232 g/mol. The highest BCUT2D eigenvalue weighted by Gasteiger charge is 2.25.